The van der Waals surface area contributed by atoms with E-state index in [2.05, 4.69) is 10.4 Å². The highest BCUT2D eigenvalue weighted by atomic mass is 16.3. The monoisotopic (exact) mass is 399 g/mol. The maximum Gasteiger partial charge on any atom is 0.291 e. The zero-order valence-electron chi connectivity index (χ0n) is 16.7. The molecule has 0 aliphatic heterocycles. The quantitative estimate of drug-likeness (QED) is 0.474. The Bertz CT molecular complexity index is 1310. The zero-order valence-corrected chi connectivity index (χ0v) is 16.7. The summed E-state index contributed by atoms with van der Waals surface area (Å²) in [5.41, 5.74) is 1.98. The first-order chi connectivity index (χ1) is 14.5. The summed E-state index contributed by atoms with van der Waals surface area (Å²) in [5.74, 6) is -0.0882. The van der Waals surface area contributed by atoms with Crippen LogP contribution in [0, 0.1) is 0 Å². The van der Waals surface area contributed by atoms with Gasteiger partial charge in [-0.1, -0.05) is 42.5 Å². The fraction of sp³-hybridized carbons (Fsp3) is 0.125. The number of phenols is 1. The van der Waals surface area contributed by atoms with Crippen molar-refractivity contribution in [3.8, 4) is 17.0 Å². The summed E-state index contributed by atoms with van der Waals surface area (Å²) in [6, 6.07) is 19.9. The number of benzene rings is 3. The summed E-state index contributed by atoms with van der Waals surface area (Å²) in [7, 11) is 0. The second kappa shape index (κ2) is 7.83. The van der Waals surface area contributed by atoms with E-state index in [0.29, 0.717) is 17.9 Å². The van der Waals surface area contributed by atoms with Crippen molar-refractivity contribution < 1.29 is 9.90 Å². The molecule has 2 N–H and O–H groups in total. The highest BCUT2D eigenvalue weighted by Gasteiger charge is 2.22. The van der Waals surface area contributed by atoms with Crippen LogP contribution >= 0.6 is 0 Å². The SMILES string of the molecule is CCn1nc(-c2ccccc2)c(C(C)=O)c(Nc2cccc3cc(O)ccc23)c1=O. The molecule has 0 saturated heterocycles. The van der Waals surface area contributed by atoms with Gasteiger partial charge >= 0.3 is 0 Å². The molecule has 6 heteroatoms. The van der Waals surface area contributed by atoms with E-state index < -0.39 is 0 Å². The first-order valence-corrected chi connectivity index (χ1v) is 9.70. The largest absolute Gasteiger partial charge is 0.508 e. The van der Waals surface area contributed by atoms with Gasteiger partial charge in [-0.25, -0.2) is 4.68 Å². The van der Waals surface area contributed by atoms with Crippen LogP contribution < -0.4 is 10.9 Å². The molecule has 3 aromatic carbocycles. The molecular formula is C24H21N3O3. The minimum Gasteiger partial charge on any atom is -0.508 e. The molecule has 0 unspecified atom stereocenters. The molecule has 30 heavy (non-hydrogen) atoms. The van der Waals surface area contributed by atoms with E-state index in [-0.39, 0.29) is 28.3 Å². The maximum atomic E-state index is 13.1. The van der Waals surface area contributed by atoms with Crippen molar-refractivity contribution in [2.75, 3.05) is 5.32 Å². The van der Waals surface area contributed by atoms with Crippen LogP contribution in [0.3, 0.4) is 0 Å². The maximum absolute atomic E-state index is 13.1. The average Bonchev–Trinajstić information content (AvgIpc) is 2.75. The smallest absolute Gasteiger partial charge is 0.291 e. The highest BCUT2D eigenvalue weighted by molar-refractivity contribution is 6.06. The Morgan fingerprint density at radius 3 is 2.53 bits per heavy atom. The lowest BCUT2D eigenvalue weighted by molar-refractivity contribution is 0.101. The molecule has 0 amide bonds. The number of nitrogens with zero attached hydrogens (tertiary/aromatic N) is 2. The van der Waals surface area contributed by atoms with Crippen LogP contribution in [-0.4, -0.2) is 20.7 Å². The third-order valence-corrected chi connectivity index (χ3v) is 4.98. The van der Waals surface area contributed by atoms with E-state index in [9.17, 15) is 14.7 Å². The molecule has 0 aliphatic rings. The van der Waals surface area contributed by atoms with Crippen molar-refractivity contribution in [1.82, 2.24) is 9.78 Å². The molecule has 1 aromatic heterocycles. The lowest BCUT2D eigenvalue weighted by atomic mass is 10.0. The Morgan fingerprint density at radius 2 is 1.83 bits per heavy atom. The summed E-state index contributed by atoms with van der Waals surface area (Å²) < 4.78 is 1.36. The van der Waals surface area contributed by atoms with Gasteiger partial charge in [0.25, 0.3) is 5.56 Å². The number of aromatic hydroxyl groups is 1. The van der Waals surface area contributed by atoms with Gasteiger partial charge in [-0.3, -0.25) is 9.59 Å². The number of hydrogen-bond donors (Lipinski definition) is 2. The van der Waals surface area contributed by atoms with Crippen LogP contribution in [-0.2, 0) is 6.54 Å². The Kier molecular flexibility index (Phi) is 5.06. The van der Waals surface area contributed by atoms with Gasteiger partial charge in [0.05, 0.1) is 5.56 Å². The standard InChI is InChI=1S/C24H21N3O3/c1-3-27-24(30)23(21(15(2)28)22(26-27)16-8-5-4-6-9-16)25-20-11-7-10-17-14-18(29)12-13-19(17)20/h4-14,25,29H,3H2,1-2H3. The number of carbonyl (C=O) groups is 1. The Morgan fingerprint density at radius 1 is 1.07 bits per heavy atom. The van der Waals surface area contributed by atoms with Crippen LogP contribution in [0.5, 0.6) is 5.75 Å². The molecular weight excluding hydrogens is 378 g/mol. The highest BCUT2D eigenvalue weighted by Crippen LogP contribution is 2.31. The third-order valence-electron chi connectivity index (χ3n) is 4.98. The Labute approximate surface area is 173 Å². The topological polar surface area (TPSA) is 84.2 Å². The van der Waals surface area contributed by atoms with Gasteiger partial charge in [-0.05, 0) is 43.5 Å². The van der Waals surface area contributed by atoms with E-state index in [0.717, 1.165) is 16.3 Å². The van der Waals surface area contributed by atoms with Gasteiger partial charge < -0.3 is 10.4 Å². The van der Waals surface area contributed by atoms with Crippen LogP contribution in [0.25, 0.3) is 22.0 Å². The fourth-order valence-electron chi connectivity index (χ4n) is 3.56. The van der Waals surface area contributed by atoms with Crippen molar-refractivity contribution >= 4 is 27.9 Å². The number of ketones is 1. The van der Waals surface area contributed by atoms with Crippen LogP contribution in [0.1, 0.15) is 24.2 Å². The Balaban J connectivity index is 1.98. The van der Waals surface area contributed by atoms with E-state index in [4.69, 9.17) is 0 Å². The molecule has 0 aliphatic carbocycles. The normalized spacial score (nSPS) is 10.9. The first kappa shape index (κ1) is 19.4. The van der Waals surface area contributed by atoms with Crippen molar-refractivity contribution in [1.29, 1.82) is 0 Å². The molecule has 4 aromatic rings. The van der Waals surface area contributed by atoms with Crippen molar-refractivity contribution in [2.45, 2.75) is 20.4 Å². The second-order valence-corrected chi connectivity index (χ2v) is 6.98. The number of Topliss-reactive ketones (excluding diaryl/α,β-unsaturated/α-hetero) is 1. The summed E-state index contributed by atoms with van der Waals surface area (Å²) in [6.07, 6.45) is 0. The van der Waals surface area contributed by atoms with Gasteiger partial charge in [0, 0.05) is 23.2 Å². The first-order valence-electron chi connectivity index (χ1n) is 9.70. The van der Waals surface area contributed by atoms with Gasteiger partial charge in [-0.15, -0.1) is 0 Å². The van der Waals surface area contributed by atoms with Gasteiger partial charge in [0.2, 0.25) is 0 Å². The molecule has 150 valence electrons. The van der Waals surface area contributed by atoms with Gasteiger partial charge in [0.15, 0.2) is 5.78 Å². The number of hydrogen-bond acceptors (Lipinski definition) is 5. The molecule has 0 saturated carbocycles. The molecule has 0 radical (unpaired) electrons. The molecule has 1 heterocycles. The molecule has 6 nitrogen and oxygen atoms in total. The number of aromatic nitrogens is 2. The minimum atomic E-state index is -0.363. The summed E-state index contributed by atoms with van der Waals surface area (Å²) in [4.78, 5) is 25.8. The van der Waals surface area contributed by atoms with Gasteiger partial charge in [-0.2, -0.15) is 5.10 Å². The summed E-state index contributed by atoms with van der Waals surface area (Å²) in [6.45, 7) is 3.64. The number of phenolic OH excluding ortho intramolecular Hbond substituents is 1. The molecule has 4 rings (SSSR count). The molecule has 0 fully saturated rings. The van der Waals surface area contributed by atoms with Crippen molar-refractivity contribution in [3.05, 3.63) is 82.6 Å². The molecule has 0 atom stereocenters. The van der Waals surface area contributed by atoms with E-state index >= 15 is 0 Å². The Hall–Kier alpha value is -3.93. The number of anilines is 2. The van der Waals surface area contributed by atoms with E-state index in [1.165, 1.54) is 11.6 Å². The van der Waals surface area contributed by atoms with E-state index in [1.54, 1.807) is 18.2 Å². The molecule has 0 bridgehead atoms. The van der Waals surface area contributed by atoms with Gasteiger partial charge in [0.1, 0.15) is 17.1 Å². The lowest BCUT2D eigenvalue weighted by Crippen LogP contribution is -2.28. The second-order valence-electron chi connectivity index (χ2n) is 6.98. The average molecular weight is 399 g/mol. The summed E-state index contributed by atoms with van der Waals surface area (Å²) >= 11 is 0. The number of nitrogens with one attached hydrogen (secondary N) is 1. The number of carbonyl (C=O) groups excluding carboxylic acids is 1. The third kappa shape index (κ3) is 3.43. The predicted molar refractivity (Wildman–Crippen MR) is 119 cm³/mol. The van der Waals surface area contributed by atoms with Crippen LogP contribution in [0.15, 0.2) is 71.5 Å². The fourth-order valence-corrected chi connectivity index (χ4v) is 3.56. The number of fused-ring (bicyclic) bond motifs is 1. The zero-order chi connectivity index (χ0) is 21.3. The van der Waals surface area contributed by atoms with Crippen molar-refractivity contribution in [3.63, 3.8) is 0 Å². The molecule has 0 spiro atoms. The van der Waals surface area contributed by atoms with Crippen LogP contribution in [0.4, 0.5) is 11.4 Å². The van der Waals surface area contributed by atoms with Crippen molar-refractivity contribution in [2.24, 2.45) is 0 Å². The predicted octanol–water partition coefficient (Wildman–Crippen LogP) is 4.74. The summed E-state index contributed by atoms with van der Waals surface area (Å²) in [5, 5.41) is 19.1. The number of aryl methyl sites for hydroxylation is 1. The number of rotatable bonds is 5. The van der Waals surface area contributed by atoms with Crippen LogP contribution in [0.2, 0.25) is 0 Å². The van der Waals surface area contributed by atoms with E-state index in [1.807, 2.05) is 55.5 Å². The lowest BCUT2D eigenvalue weighted by Gasteiger charge is -2.17. The minimum absolute atomic E-state index is 0.160.